The van der Waals surface area contributed by atoms with Gasteiger partial charge in [-0.15, -0.1) is 0 Å². The van der Waals surface area contributed by atoms with E-state index in [1.807, 2.05) is 13.8 Å². The number of ketones is 2. The molecule has 0 aliphatic heterocycles. The lowest BCUT2D eigenvalue weighted by molar-refractivity contribution is -0.203. The molecule has 4 rings (SSSR count). The van der Waals surface area contributed by atoms with Crippen LogP contribution < -0.4 is 0 Å². The highest BCUT2D eigenvalue weighted by Crippen LogP contribution is 2.68. The van der Waals surface area contributed by atoms with E-state index in [2.05, 4.69) is 6.92 Å². The molecule has 0 spiro atoms. The number of Topliss-reactive ketones (excluding diaryl/α,β-unsaturated/α-hetero) is 1. The van der Waals surface area contributed by atoms with Crippen LogP contribution in [0.1, 0.15) is 98.3 Å². The summed E-state index contributed by atoms with van der Waals surface area (Å²) in [7, 11) is 0. The van der Waals surface area contributed by atoms with Gasteiger partial charge in [-0.25, -0.2) is 0 Å². The maximum Gasteiger partial charge on any atom is 0.306 e. The SMILES string of the molecule is CCCCC(=O)O[C@]1(C(=O)COC(=O)CC)CCC2C3CCC4=CC(=O)CCC4(C)C3C(O)CC21C. The summed E-state index contributed by atoms with van der Waals surface area (Å²) < 4.78 is 11.4. The zero-order chi connectivity index (χ0) is 26.3. The summed E-state index contributed by atoms with van der Waals surface area (Å²) in [5.41, 5.74) is -1.25. The van der Waals surface area contributed by atoms with Gasteiger partial charge in [0.2, 0.25) is 5.78 Å². The zero-order valence-electron chi connectivity index (χ0n) is 22.3. The van der Waals surface area contributed by atoms with Crippen LogP contribution in [0.3, 0.4) is 0 Å². The van der Waals surface area contributed by atoms with Crippen molar-refractivity contribution in [3.05, 3.63) is 11.6 Å². The molecule has 0 bridgehead atoms. The van der Waals surface area contributed by atoms with E-state index in [1.165, 1.54) is 0 Å². The minimum Gasteiger partial charge on any atom is -0.457 e. The lowest BCUT2D eigenvalue weighted by Crippen LogP contribution is -2.63. The number of aliphatic hydroxyl groups is 1. The quantitative estimate of drug-likeness (QED) is 0.488. The number of fused-ring (bicyclic) bond motifs is 5. The Labute approximate surface area is 214 Å². The predicted molar refractivity (Wildman–Crippen MR) is 133 cm³/mol. The first-order valence-corrected chi connectivity index (χ1v) is 13.8. The zero-order valence-corrected chi connectivity index (χ0v) is 22.3. The Morgan fingerprint density at radius 1 is 1.08 bits per heavy atom. The van der Waals surface area contributed by atoms with Crippen molar-refractivity contribution in [3.8, 4) is 0 Å². The predicted octanol–water partition coefficient (Wildman–Crippen LogP) is 4.48. The molecule has 4 aliphatic rings. The first kappa shape index (κ1) is 27.0. The second-order valence-electron chi connectivity index (χ2n) is 12.0. The molecule has 0 heterocycles. The number of rotatable bonds is 8. The maximum absolute atomic E-state index is 13.8. The molecule has 3 fully saturated rings. The van der Waals surface area contributed by atoms with Crippen LogP contribution in [0.2, 0.25) is 0 Å². The van der Waals surface area contributed by atoms with E-state index < -0.39 is 35.7 Å². The van der Waals surface area contributed by atoms with Crippen molar-refractivity contribution < 1.29 is 33.8 Å². The molecule has 7 nitrogen and oxygen atoms in total. The van der Waals surface area contributed by atoms with E-state index in [9.17, 15) is 24.3 Å². The van der Waals surface area contributed by atoms with Gasteiger partial charge in [-0.2, -0.15) is 0 Å². The topological polar surface area (TPSA) is 107 Å². The number of esters is 2. The first-order chi connectivity index (χ1) is 17.0. The van der Waals surface area contributed by atoms with E-state index in [-0.39, 0.29) is 47.6 Å². The van der Waals surface area contributed by atoms with Gasteiger partial charge in [-0.1, -0.05) is 39.7 Å². The molecule has 0 aromatic heterocycles. The maximum atomic E-state index is 13.8. The Morgan fingerprint density at radius 3 is 2.53 bits per heavy atom. The average Bonchev–Trinajstić information content (AvgIpc) is 3.13. The molecular formula is C29H42O7. The van der Waals surface area contributed by atoms with Crippen molar-refractivity contribution >= 4 is 23.5 Å². The van der Waals surface area contributed by atoms with Gasteiger partial charge in [0.15, 0.2) is 18.0 Å². The van der Waals surface area contributed by atoms with Gasteiger partial charge in [0, 0.05) is 24.7 Å². The van der Waals surface area contributed by atoms with Crippen molar-refractivity contribution in [2.45, 2.75) is 110 Å². The van der Waals surface area contributed by atoms with Crippen LogP contribution in [0.4, 0.5) is 0 Å². The smallest absolute Gasteiger partial charge is 0.306 e. The largest absolute Gasteiger partial charge is 0.457 e. The molecule has 0 aromatic carbocycles. The molecule has 0 aromatic rings. The highest BCUT2D eigenvalue weighted by molar-refractivity contribution is 5.93. The van der Waals surface area contributed by atoms with Crippen molar-refractivity contribution in [1.82, 2.24) is 0 Å². The third kappa shape index (κ3) is 4.25. The van der Waals surface area contributed by atoms with Crippen LogP contribution in [0.5, 0.6) is 0 Å². The molecule has 7 heteroatoms. The first-order valence-electron chi connectivity index (χ1n) is 13.8. The lowest BCUT2D eigenvalue weighted by atomic mass is 9.45. The molecule has 1 N–H and O–H groups in total. The second kappa shape index (κ2) is 10.0. The van der Waals surface area contributed by atoms with E-state index in [1.54, 1.807) is 13.0 Å². The van der Waals surface area contributed by atoms with E-state index in [0.29, 0.717) is 32.1 Å². The standard InChI is InChI=1S/C29H42O7/c1-5-7-8-25(34)36-29(23(32)17-35-24(33)6-2)14-12-21-20-10-9-18-15-19(30)11-13-27(18,3)26(20)22(31)16-28(21,29)4/h15,20-22,26,31H,5-14,16-17H2,1-4H3/t20?,21?,22?,26?,27?,28?,29-/m0/s1. The number of allylic oxidation sites excluding steroid dienone is 1. The minimum atomic E-state index is -1.41. The molecule has 6 unspecified atom stereocenters. The van der Waals surface area contributed by atoms with Crippen molar-refractivity contribution in [2.24, 2.45) is 28.6 Å². The third-order valence-corrected chi connectivity index (χ3v) is 10.1. The normalized spacial score (nSPS) is 39.4. The molecule has 200 valence electrons. The summed E-state index contributed by atoms with van der Waals surface area (Å²) in [6, 6.07) is 0. The number of carbonyl (C=O) groups is 4. The van der Waals surface area contributed by atoms with E-state index in [0.717, 1.165) is 31.3 Å². The molecule has 4 aliphatic carbocycles. The Bertz CT molecular complexity index is 953. The van der Waals surface area contributed by atoms with Gasteiger partial charge in [0.25, 0.3) is 0 Å². The fourth-order valence-corrected chi connectivity index (χ4v) is 8.29. The summed E-state index contributed by atoms with van der Waals surface area (Å²) >= 11 is 0. The minimum absolute atomic E-state index is 0.00305. The molecule has 0 saturated heterocycles. The summed E-state index contributed by atoms with van der Waals surface area (Å²) in [4.78, 5) is 50.7. The molecule has 0 radical (unpaired) electrons. The van der Waals surface area contributed by atoms with Gasteiger partial charge in [0.05, 0.1) is 6.10 Å². The van der Waals surface area contributed by atoms with Crippen molar-refractivity contribution in [2.75, 3.05) is 6.61 Å². The second-order valence-corrected chi connectivity index (χ2v) is 12.0. The van der Waals surface area contributed by atoms with E-state index in [4.69, 9.17) is 9.47 Å². The van der Waals surface area contributed by atoms with Crippen LogP contribution in [-0.4, -0.2) is 46.9 Å². The average molecular weight is 503 g/mol. The summed E-state index contributed by atoms with van der Waals surface area (Å²) in [5.74, 6) is -0.827. The van der Waals surface area contributed by atoms with Crippen molar-refractivity contribution in [3.63, 3.8) is 0 Å². The molecular weight excluding hydrogens is 460 g/mol. The molecule has 36 heavy (non-hydrogen) atoms. The molecule has 3 saturated carbocycles. The van der Waals surface area contributed by atoms with Gasteiger partial charge < -0.3 is 14.6 Å². The Morgan fingerprint density at radius 2 is 1.83 bits per heavy atom. The number of hydrogen-bond donors (Lipinski definition) is 1. The van der Waals surface area contributed by atoms with Gasteiger partial charge >= 0.3 is 11.9 Å². The number of unbranched alkanes of at least 4 members (excludes halogenated alkanes) is 1. The van der Waals surface area contributed by atoms with Crippen LogP contribution in [0, 0.1) is 28.6 Å². The Kier molecular flexibility index (Phi) is 7.53. The van der Waals surface area contributed by atoms with Gasteiger partial charge in [0.1, 0.15) is 0 Å². The van der Waals surface area contributed by atoms with Crippen LogP contribution in [0.25, 0.3) is 0 Å². The monoisotopic (exact) mass is 502 g/mol. The number of carbonyl (C=O) groups excluding carboxylic acids is 4. The highest BCUT2D eigenvalue weighted by Gasteiger charge is 2.70. The number of ether oxygens (including phenoxy) is 2. The number of hydrogen-bond acceptors (Lipinski definition) is 7. The summed E-state index contributed by atoms with van der Waals surface area (Å²) in [5, 5.41) is 11.7. The fourth-order valence-electron chi connectivity index (χ4n) is 8.29. The van der Waals surface area contributed by atoms with Gasteiger partial charge in [-0.3, -0.25) is 19.2 Å². The lowest BCUT2D eigenvalue weighted by Gasteiger charge is -2.60. The summed E-state index contributed by atoms with van der Waals surface area (Å²) in [6.45, 7) is 7.43. The highest BCUT2D eigenvalue weighted by atomic mass is 16.6. The molecule has 7 atom stereocenters. The van der Waals surface area contributed by atoms with Gasteiger partial charge in [-0.05, 0) is 74.2 Å². The van der Waals surface area contributed by atoms with E-state index >= 15 is 0 Å². The molecule has 0 amide bonds. The Balaban J connectivity index is 1.68. The third-order valence-electron chi connectivity index (χ3n) is 10.1. The fraction of sp³-hybridized carbons (Fsp3) is 0.793. The van der Waals surface area contributed by atoms with Crippen molar-refractivity contribution in [1.29, 1.82) is 0 Å². The van der Waals surface area contributed by atoms with Crippen LogP contribution in [-0.2, 0) is 28.7 Å². The van der Waals surface area contributed by atoms with Crippen LogP contribution in [0.15, 0.2) is 11.6 Å². The summed E-state index contributed by atoms with van der Waals surface area (Å²) in [6.07, 6.45) is 7.35. The Hall–Kier alpha value is -2.02. The van der Waals surface area contributed by atoms with Crippen LogP contribution >= 0.6 is 0 Å². The number of aliphatic hydroxyl groups excluding tert-OH is 1.